The molecule has 9 aromatic carbocycles. The summed E-state index contributed by atoms with van der Waals surface area (Å²) in [6, 6.07) is 81.6. The van der Waals surface area contributed by atoms with Gasteiger partial charge in [-0.1, -0.05) is 188 Å². The SMILES string of the molecule is Cc1ccc(/C(=C(\CCCO)c2ccccc2)c2ccc(C3CN(C(C)C)C3)cc2)cc1.OCCC/C(=C(\c1ccc(O)cc1)c1ccc(OCCN2CCNCC2)cc1)c1ccccc1.OCCC/C(=C(\c1ccc(O)cc1)c1ccc2oc(CCN3CCNCC3)cc2c1)c1ccccc1. The van der Waals surface area contributed by atoms with E-state index in [0.717, 1.165) is 178 Å². The van der Waals surface area contributed by atoms with Gasteiger partial charge in [0.15, 0.2) is 0 Å². The van der Waals surface area contributed by atoms with Crippen LogP contribution in [0.5, 0.6) is 17.2 Å². The van der Waals surface area contributed by atoms with Crippen molar-refractivity contribution in [1.82, 2.24) is 25.3 Å². The van der Waals surface area contributed by atoms with E-state index in [1.54, 1.807) is 24.3 Å². The van der Waals surface area contributed by atoms with Crippen LogP contribution in [-0.2, 0) is 6.42 Å². The molecule has 13 rings (SSSR count). The van der Waals surface area contributed by atoms with Gasteiger partial charge in [0.05, 0.1) is 0 Å². The van der Waals surface area contributed by atoms with Crippen LogP contribution in [0.2, 0.25) is 0 Å². The molecule has 7 N–H and O–H groups in total. The van der Waals surface area contributed by atoms with Gasteiger partial charge in [-0.25, -0.2) is 0 Å². The molecule has 0 saturated carbocycles. The highest BCUT2D eigenvalue weighted by molar-refractivity contribution is 6.02. The van der Waals surface area contributed by atoms with Crippen molar-refractivity contribution < 1.29 is 34.7 Å². The average Bonchev–Trinajstić information content (AvgIpc) is 1.06. The molecule has 3 saturated heterocycles. The summed E-state index contributed by atoms with van der Waals surface area (Å²) in [6.45, 7) is 20.6. The summed E-state index contributed by atoms with van der Waals surface area (Å²) < 4.78 is 12.2. The number of aryl methyl sites for hydroxylation is 1. The number of phenols is 2. The van der Waals surface area contributed by atoms with E-state index in [1.807, 2.05) is 72.8 Å². The molecule has 0 radical (unpaired) electrons. The molecule has 1 aromatic heterocycles. The van der Waals surface area contributed by atoms with Gasteiger partial charge in [-0.2, -0.15) is 0 Å². The van der Waals surface area contributed by atoms with E-state index in [-0.39, 0.29) is 31.3 Å². The van der Waals surface area contributed by atoms with Gasteiger partial charge in [0.25, 0.3) is 0 Å². The van der Waals surface area contributed by atoms with Gasteiger partial charge in [0, 0.05) is 122 Å². The number of benzene rings is 9. The molecule has 3 aliphatic heterocycles. The normalized spacial score (nSPS) is 15.3. The van der Waals surface area contributed by atoms with E-state index in [1.165, 1.54) is 50.1 Å². The van der Waals surface area contributed by atoms with Crippen LogP contribution < -0.4 is 15.4 Å². The Morgan fingerprint density at radius 2 is 0.843 bits per heavy atom. The Hall–Kier alpha value is -9.18. The molecule has 102 heavy (non-hydrogen) atoms. The van der Waals surface area contributed by atoms with Gasteiger partial charge < -0.3 is 50.2 Å². The number of likely N-dealkylation sites (tertiary alicyclic amines) is 1. The number of ether oxygens (including phenoxy) is 1. The lowest BCUT2D eigenvalue weighted by Crippen LogP contribution is -2.48. The lowest BCUT2D eigenvalue weighted by molar-refractivity contribution is 0.110. The third-order valence-electron chi connectivity index (χ3n) is 19.8. The molecule has 0 atom stereocenters. The molecule has 0 amide bonds. The molecule has 3 fully saturated rings. The Morgan fingerprint density at radius 3 is 1.27 bits per heavy atom. The maximum atomic E-state index is 9.93. The van der Waals surface area contributed by atoms with Crippen molar-refractivity contribution in [3.63, 3.8) is 0 Å². The number of aromatic hydroxyl groups is 2. The third kappa shape index (κ3) is 20.6. The van der Waals surface area contributed by atoms with Gasteiger partial charge in [0.2, 0.25) is 0 Å². The minimum absolute atomic E-state index is 0.135. The van der Waals surface area contributed by atoms with Crippen LogP contribution in [0.3, 0.4) is 0 Å². The number of hydrogen-bond acceptors (Lipinski definition) is 12. The van der Waals surface area contributed by atoms with E-state index in [2.05, 4.69) is 186 Å². The Bertz CT molecular complexity index is 4250. The van der Waals surface area contributed by atoms with Crippen molar-refractivity contribution >= 4 is 44.4 Å². The zero-order chi connectivity index (χ0) is 70.8. The molecule has 12 heteroatoms. The van der Waals surface area contributed by atoms with Gasteiger partial charge in [0.1, 0.15) is 35.2 Å². The number of aliphatic hydroxyl groups is 3. The fourth-order valence-electron chi connectivity index (χ4n) is 14.0. The highest BCUT2D eigenvalue weighted by atomic mass is 16.5. The smallest absolute Gasteiger partial charge is 0.134 e. The summed E-state index contributed by atoms with van der Waals surface area (Å²) in [7, 11) is 0. The number of nitrogens with one attached hydrogen (secondary N) is 2. The second-order valence-corrected chi connectivity index (χ2v) is 27.2. The molecule has 530 valence electrons. The molecular formula is C90H103N5O7. The summed E-state index contributed by atoms with van der Waals surface area (Å²) in [5.41, 5.74) is 21.0. The second-order valence-electron chi connectivity index (χ2n) is 27.2. The van der Waals surface area contributed by atoms with Crippen LogP contribution >= 0.6 is 0 Å². The van der Waals surface area contributed by atoms with Crippen LogP contribution in [0.25, 0.3) is 44.4 Å². The molecule has 10 aromatic rings. The number of fused-ring (bicyclic) bond motifs is 1. The first-order valence-electron chi connectivity index (χ1n) is 36.8. The van der Waals surface area contributed by atoms with E-state index >= 15 is 0 Å². The Balaban J connectivity index is 0.000000154. The Kier molecular flexibility index (Phi) is 27.7. The topological polar surface area (TPSA) is 157 Å². The quantitative estimate of drug-likeness (QED) is 0.0245. The molecule has 4 heterocycles. The van der Waals surface area contributed by atoms with Gasteiger partial charge in [-0.05, 0) is 203 Å². The molecular weight excluding hydrogens is 1260 g/mol. The van der Waals surface area contributed by atoms with Crippen molar-refractivity contribution in [3.05, 3.63) is 304 Å². The lowest BCUT2D eigenvalue weighted by Gasteiger charge is -2.42. The zero-order valence-electron chi connectivity index (χ0n) is 59.8. The molecule has 0 unspecified atom stereocenters. The fourth-order valence-corrected chi connectivity index (χ4v) is 14.0. The summed E-state index contributed by atoms with van der Waals surface area (Å²) in [5.74, 6) is 3.00. The fraction of sp³-hybridized carbons (Fsp3) is 0.311. The average molecular weight is 1370 g/mol. The first-order chi connectivity index (χ1) is 50.0. The first-order valence-corrected chi connectivity index (χ1v) is 36.8. The largest absolute Gasteiger partial charge is 0.508 e. The number of furan rings is 1. The maximum absolute atomic E-state index is 9.93. The van der Waals surface area contributed by atoms with Crippen LogP contribution in [0.4, 0.5) is 0 Å². The lowest BCUT2D eigenvalue weighted by atomic mass is 9.85. The zero-order valence-corrected chi connectivity index (χ0v) is 59.8. The van der Waals surface area contributed by atoms with Gasteiger partial charge >= 0.3 is 0 Å². The number of allylic oxidation sites excluding steroid dienone is 3. The Labute approximate surface area is 604 Å². The number of nitrogens with zero attached hydrogens (tertiary/aromatic N) is 3. The van der Waals surface area contributed by atoms with E-state index in [9.17, 15) is 25.5 Å². The van der Waals surface area contributed by atoms with Crippen molar-refractivity contribution in [2.45, 2.75) is 77.7 Å². The third-order valence-corrected chi connectivity index (χ3v) is 19.8. The maximum Gasteiger partial charge on any atom is 0.134 e. The predicted octanol–water partition coefficient (Wildman–Crippen LogP) is 16.3. The number of phenolic OH excluding ortho intramolecular Hbond substituents is 2. The van der Waals surface area contributed by atoms with Crippen molar-refractivity contribution in [3.8, 4) is 17.2 Å². The highest BCUT2D eigenvalue weighted by Gasteiger charge is 2.30. The monoisotopic (exact) mass is 1370 g/mol. The van der Waals surface area contributed by atoms with Crippen molar-refractivity contribution in [1.29, 1.82) is 0 Å². The number of hydrogen-bond donors (Lipinski definition) is 7. The predicted molar refractivity (Wildman–Crippen MR) is 420 cm³/mol. The molecule has 3 aliphatic rings. The number of rotatable bonds is 27. The standard InChI is InChI=1S/C31H34N2O3.C30H35NO.C29H34N2O3/c34-20-4-7-29(23-5-2-1-3-6-23)31(24-8-11-27(35)12-9-24)25-10-13-30-26(21-25)22-28(36-30)14-17-33-18-15-32-16-19-33;1-22(2)31-20-28(21-31)24-15-17-27(18-16-24)30(26-13-11-23(3)12-14-26)29(10-7-19-32)25-8-5-4-6-9-25;32-21-4-7-28(23-5-2-1-3-6-23)29(24-8-12-26(33)13-9-24)25-10-14-27(15-11-25)34-22-20-31-18-16-30-17-19-31/h1-3,5-6,8-13,21-22,32,34-35H,4,7,14-20H2;4-6,8-9,11-18,22,28,32H,7,10,19-21H2,1-3H3;1-3,5-6,8-15,30,32-33H,4,7,16-22H2/b31-29-;30-29-;29-28-. The molecule has 0 aliphatic carbocycles. The minimum Gasteiger partial charge on any atom is -0.508 e. The van der Waals surface area contributed by atoms with Gasteiger partial charge in [-0.15, -0.1) is 0 Å². The Morgan fingerprint density at radius 1 is 0.451 bits per heavy atom. The van der Waals surface area contributed by atoms with Crippen molar-refractivity contribution in [2.75, 3.05) is 105 Å². The van der Waals surface area contributed by atoms with E-state index in [0.29, 0.717) is 31.4 Å². The number of piperazine rings is 2. The molecule has 0 bridgehead atoms. The molecule has 0 spiro atoms. The summed E-state index contributed by atoms with van der Waals surface area (Å²) in [4.78, 5) is 7.43. The van der Waals surface area contributed by atoms with E-state index < -0.39 is 0 Å². The summed E-state index contributed by atoms with van der Waals surface area (Å²) in [6.07, 6.45) is 5.35. The van der Waals surface area contributed by atoms with Crippen LogP contribution in [-0.4, -0.2) is 151 Å². The molecule has 12 nitrogen and oxygen atoms in total. The van der Waals surface area contributed by atoms with Crippen molar-refractivity contribution in [2.24, 2.45) is 0 Å². The summed E-state index contributed by atoms with van der Waals surface area (Å²) >= 11 is 0. The minimum atomic E-state index is 0.135. The van der Waals surface area contributed by atoms with Crippen LogP contribution in [0.15, 0.2) is 241 Å². The van der Waals surface area contributed by atoms with Crippen LogP contribution in [0.1, 0.15) is 125 Å². The van der Waals surface area contributed by atoms with Gasteiger partial charge in [-0.3, -0.25) is 9.80 Å². The van der Waals surface area contributed by atoms with E-state index in [4.69, 9.17) is 9.15 Å². The number of aliphatic hydroxyl groups excluding tert-OH is 3. The highest BCUT2D eigenvalue weighted by Crippen LogP contribution is 2.41. The first kappa shape index (κ1) is 74.0. The summed E-state index contributed by atoms with van der Waals surface area (Å²) in [5, 5.41) is 56.4. The second kappa shape index (κ2) is 38.2. The van der Waals surface area contributed by atoms with Crippen LogP contribution in [0, 0.1) is 6.92 Å².